The predicted molar refractivity (Wildman–Crippen MR) is 109 cm³/mol. The van der Waals surface area contributed by atoms with Crippen molar-refractivity contribution in [3.05, 3.63) is 88.8 Å². The zero-order chi connectivity index (χ0) is 19.4. The SMILES string of the molecule is Cc1ccc(NC(=O)/C(C#N)=C\c2cc(C)n(-c3ccccc3)c2C)cc1. The second-order valence-corrected chi connectivity index (χ2v) is 6.49. The molecule has 0 spiro atoms. The number of amides is 1. The Morgan fingerprint density at radius 2 is 1.70 bits per heavy atom. The maximum absolute atomic E-state index is 12.5. The van der Waals surface area contributed by atoms with Gasteiger partial charge in [0, 0.05) is 22.8 Å². The van der Waals surface area contributed by atoms with Crippen molar-refractivity contribution in [1.29, 1.82) is 5.26 Å². The number of nitrogens with one attached hydrogen (secondary N) is 1. The molecule has 0 aliphatic carbocycles. The number of aromatic nitrogens is 1. The zero-order valence-electron chi connectivity index (χ0n) is 15.7. The number of rotatable bonds is 4. The number of benzene rings is 2. The lowest BCUT2D eigenvalue weighted by atomic mass is 10.1. The summed E-state index contributed by atoms with van der Waals surface area (Å²) in [5.41, 5.74) is 5.78. The minimum atomic E-state index is -0.411. The molecule has 0 aliphatic heterocycles. The number of hydrogen-bond donors (Lipinski definition) is 1. The third-order valence-electron chi connectivity index (χ3n) is 4.46. The average molecular weight is 355 g/mol. The first-order valence-corrected chi connectivity index (χ1v) is 8.74. The summed E-state index contributed by atoms with van der Waals surface area (Å²) in [4.78, 5) is 12.5. The van der Waals surface area contributed by atoms with E-state index in [1.165, 1.54) is 0 Å². The van der Waals surface area contributed by atoms with Crippen LogP contribution in [-0.2, 0) is 4.79 Å². The summed E-state index contributed by atoms with van der Waals surface area (Å²) < 4.78 is 2.11. The van der Waals surface area contributed by atoms with E-state index in [1.54, 1.807) is 6.08 Å². The molecule has 2 aromatic carbocycles. The van der Waals surface area contributed by atoms with E-state index in [4.69, 9.17) is 0 Å². The molecule has 0 radical (unpaired) electrons. The molecule has 1 N–H and O–H groups in total. The van der Waals surface area contributed by atoms with Crippen molar-refractivity contribution in [3.8, 4) is 11.8 Å². The molecule has 1 amide bonds. The quantitative estimate of drug-likeness (QED) is 0.532. The van der Waals surface area contributed by atoms with Crippen molar-refractivity contribution in [2.24, 2.45) is 0 Å². The van der Waals surface area contributed by atoms with Gasteiger partial charge >= 0.3 is 0 Å². The molecule has 27 heavy (non-hydrogen) atoms. The second-order valence-electron chi connectivity index (χ2n) is 6.49. The van der Waals surface area contributed by atoms with E-state index in [1.807, 2.05) is 87.5 Å². The highest BCUT2D eigenvalue weighted by molar-refractivity contribution is 6.09. The van der Waals surface area contributed by atoms with Gasteiger partial charge in [-0.15, -0.1) is 0 Å². The molecule has 3 aromatic rings. The summed E-state index contributed by atoms with van der Waals surface area (Å²) >= 11 is 0. The molecule has 0 saturated carbocycles. The summed E-state index contributed by atoms with van der Waals surface area (Å²) in [5, 5.41) is 12.3. The maximum Gasteiger partial charge on any atom is 0.266 e. The van der Waals surface area contributed by atoms with Crippen LogP contribution in [0.25, 0.3) is 11.8 Å². The van der Waals surface area contributed by atoms with Gasteiger partial charge < -0.3 is 9.88 Å². The summed E-state index contributed by atoms with van der Waals surface area (Å²) in [7, 11) is 0. The van der Waals surface area contributed by atoms with E-state index in [0.29, 0.717) is 5.69 Å². The monoisotopic (exact) mass is 355 g/mol. The zero-order valence-corrected chi connectivity index (χ0v) is 15.7. The fourth-order valence-electron chi connectivity index (χ4n) is 3.05. The molecule has 1 aromatic heterocycles. The van der Waals surface area contributed by atoms with E-state index in [-0.39, 0.29) is 5.57 Å². The normalized spacial score (nSPS) is 11.1. The molecular weight excluding hydrogens is 334 g/mol. The van der Waals surface area contributed by atoms with Crippen LogP contribution in [-0.4, -0.2) is 10.5 Å². The van der Waals surface area contributed by atoms with E-state index in [9.17, 15) is 10.1 Å². The van der Waals surface area contributed by atoms with Gasteiger partial charge in [-0.3, -0.25) is 4.79 Å². The predicted octanol–water partition coefficient (Wildman–Crippen LogP) is 4.95. The van der Waals surface area contributed by atoms with Gasteiger partial charge in [0.2, 0.25) is 0 Å². The molecule has 0 fully saturated rings. The Hall–Kier alpha value is -3.58. The Kier molecular flexibility index (Phi) is 5.23. The topological polar surface area (TPSA) is 57.8 Å². The molecule has 0 unspecified atom stereocenters. The van der Waals surface area contributed by atoms with Crippen molar-refractivity contribution >= 4 is 17.7 Å². The lowest BCUT2D eigenvalue weighted by Gasteiger charge is -2.09. The fourth-order valence-corrected chi connectivity index (χ4v) is 3.05. The number of carbonyl (C=O) groups excluding carboxylic acids is 1. The molecular formula is C23H21N3O. The summed E-state index contributed by atoms with van der Waals surface area (Å²) in [6, 6.07) is 21.5. The molecule has 134 valence electrons. The van der Waals surface area contributed by atoms with Crippen LogP contribution in [0.4, 0.5) is 5.69 Å². The lowest BCUT2D eigenvalue weighted by Crippen LogP contribution is -2.13. The summed E-state index contributed by atoms with van der Waals surface area (Å²) in [6.07, 6.45) is 1.64. The Balaban J connectivity index is 1.91. The first-order valence-electron chi connectivity index (χ1n) is 8.74. The largest absolute Gasteiger partial charge is 0.321 e. The molecule has 4 nitrogen and oxygen atoms in total. The third-order valence-corrected chi connectivity index (χ3v) is 4.46. The van der Waals surface area contributed by atoms with E-state index in [2.05, 4.69) is 9.88 Å². The van der Waals surface area contributed by atoms with Crippen molar-refractivity contribution < 1.29 is 4.79 Å². The Labute approximate surface area is 159 Å². The number of nitriles is 1. The summed E-state index contributed by atoms with van der Waals surface area (Å²) in [6.45, 7) is 5.98. The van der Waals surface area contributed by atoms with Crippen molar-refractivity contribution in [3.63, 3.8) is 0 Å². The molecule has 4 heteroatoms. The average Bonchev–Trinajstić information content (AvgIpc) is 2.95. The Morgan fingerprint density at radius 1 is 1.04 bits per heavy atom. The van der Waals surface area contributed by atoms with E-state index in [0.717, 1.165) is 28.2 Å². The van der Waals surface area contributed by atoms with Gasteiger partial charge in [-0.25, -0.2) is 0 Å². The Bertz CT molecular complexity index is 1040. The van der Waals surface area contributed by atoms with Crippen LogP contribution in [0, 0.1) is 32.1 Å². The van der Waals surface area contributed by atoms with Gasteiger partial charge in [0.1, 0.15) is 11.6 Å². The third kappa shape index (κ3) is 3.99. The Morgan fingerprint density at radius 3 is 2.33 bits per heavy atom. The highest BCUT2D eigenvalue weighted by Crippen LogP contribution is 2.23. The van der Waals surface area contributed by atoms with Crippen LogP contribution in [0.2, 0.25) is 0 Å². The van der Waals surface area contributed by atoms with Crippen LogP contribution in [0.3, 0.4) is 0 Å². The standard InChI is InChI=1S/C23H21N3O/c1-16-9-11-21(12-10-16)25-23(27)20(15-24)14-19-13-17(2)26(18(19)3)22-7-5-4-6-8-22/h4-14H,1-3H3,(H,25,27)/b20-14-. The minimum absolute atomic E-state index is 0.0730. The number of carbonyl (C=O) groups is 1. The van der Waals surface area contributed by atoms with Gasteiger partial charge in [-0.2, -0.15) is 5.26 Å². The van der Waals surface area contributed by atoms with Gasteiger partial charge in [0.05, 0.1) is 0 Å². The van der Waals surface area contributed by atoms with E-state index >= 15 is 0 Å². The molecule has 1 heterocycles. The smallest absolute Gasteiger partial charge is 0.266 e. The van der Waals surface area contributed by atoms with E-state index < -0.39 is 5.91 Å². The number of aryl methyl sites for hydroxylation is 2. The van der Waals surface area contributed by atoms with Crippen molar-refractivity contribution in [2.45, 2.75) is 20.8 Å². The molecule has 0 atom stereocenters. The maximum atomic E-state index is 12.5. The van der Waals surface area contributed by atoms with Crippen molar-refractivity contribution in [2.75, 3.05) is 5.32 Å². The second kappa shape index (κ2) is 7.76. The molecule has 0 saturated heterocycles. The van der Waals surface area contributed by atoms with Crippen LogP contribution < -0.4 is 5.32 Å². The van der Waals surface area contributed by atoms with Gasteiger partial charge in [-0.1, -0.05) is 35.9 Å². The highest BCUT2D eigenvalue weighted by Gasteiger charge is 2.14. The summed E-state index contributed by atoms with van der Waals surface area (Å²) in [5.74, 6) is -0.411. The molecule has 0 bridgehead atoms. The lowest BCUT2D eigenvalue weighted by molar-refractivity contribution is -0.112. The van der Waals surface area contributed by atoms with Crippen LogP contribution >= 0.6 is 0 Å². The van der Waals surface area contributed by atoms with Crippen LogP contribution in [0.1, 0.15) is 22.5 Å². The van der Waals surface area contributed by atoms with Crippen LogP contribution in [0.5, 0.6) is 0 Å². The number of anilines is 1. The number of para-hydroxylation sites is 1. The highest BCUT2D eigenvalue weighted by atomic mass is 16.1. The molecule has 0 aliphatic rings. The fraction of sp³-hybridized carbons (Fsp3) is 0.130. The van der Waals surface area contributed by atoms with Crippen molar-refractivity contribution in [1.82, 2.24) is 4.57 Å². The van der Waals surface area contributed by atoms with Crippen LogP contribution in [0.15, 0.2) is 66.2 Å². The molecule has 3 rings (SSSR count). The number of hydrogen-bond acceptors (Lipinski definition) is 2. The van der Waals surface area contributed by atoms with Gasteiger partial charge in [-0.05, 0) is 62.7 Å². The minimum Gasteiger partial charge on any atom is -0.321 e. The number of nitrogens with zero attached hydrogens (tertiary/aromatic N) is 2. The van der Waals surface area contributed by atoms with Gasteiger partial charge in [0.25, 0.3) is 5.91 Å². The van der Waals surface area contributed by atoms with Gasteiger partial charge in [0.15, 0.2) is 0 Å². The first kappa shape index (κ1) is 18.2. The first-order chi connectivity index (χ1) is 13.0.